The third kappa shape index (κ3) is 6.75. The highest BCUT2D eigenvalue weighted by Crippen LogP contribution is 2.23. The summed E-state index contributed by atoms with van der Waals surface area (Å²) in [5, 5.41) is 10.3. The number of piperazine rings is 1. The molecule has 7 heteroatoms. The number of hydrogen-bond acceptors (Lipinski definition) is 6. The molecule has 0 amide bonds. The molecule has 2 aromatic rings. The lowest BCUT2D eigenvalue weighted by atomic mass is 10.2. The van der Waals surface area contributed by atoms with Gasteiger partial charge in [0.15, 0.2) is 0 Å². The minimum Gasteiger partial charge on any atom is -0.497 e. The predicted molar refractivity (Wildman–Crippen MR) is 110 cm³/mol. The zero-order valence-electron chi connectivity index (χ0n) is 15.6. The van der Waals surface area contributed by atoms with Crippen molar-refractivity contribution in [3.05, 3.63) is 51.2 Å². The van der Waals surface area contributed by atoms with Gasteiger partial charge in [-0.05, 0) is 29.8 Å². The maximum atomic E-state index is 10.3. The normalized spacial score (nSPS) is 17.1. The van der Waals surface area contributed by atoms with E-state index in [9.17, 15) is 5.11 Å². The number of methoxy groups -OCH3 is 1. The van der Waals surface area contributed by atoms with Crippen LogP contribution in [0.2, 0.25) is 4.34 Å². The molecule has 0 radical (unpaired) electrons. The number of benzene rings is 1. The first kappa shape index (κ1) is 20.6. The Labute approximate surface area is 170 Å². The quantitative estimate of drug-likeness (QED) is 0.688. The molecule has 1 atom stereocenters. The largest absolute Gasteiger partial charge is 0.497 e. The number of nitrogens with zero attached hydrogens (tertiary/aromatic N) is 2. The van der Waals surface area contributed by atoms with E-state index in [1.165, 1.54) is 4.88 Å². The fraction of sp³-hybridized carbons (Fsp3) is 0.500. The van der Waals surface area contributed by atoms with E-state index >= 15 is 0 Å². The molecule has 3 rings (SSSR count). The molecule has 148 valence electrons. The van der Waals surface area contributed by atoms with Gasteiger partial charge >= 0.3 is 0 Å². The molecule has 1 aliphatic rings. The number of thiophene rings is 1. The van der Waals surface area contributed by atoms with Gasteiger partial charge in [0.05, 0.1) is 30.8 Å². The van der Waals surface area contributed by atoms with Crippen molar-refractivity contribution < 1.29 is 14.6 Å². The molecule has 1 aliphatic heterocycles. The van der Waals surface area contributed by atoms with Crippen LogP contribution in [0, 0.1) is 0 Å². The molecule has 2 heterocycles. The number of aliphatic hydroxyl groups is 1. The maximum Gasteiger partial charge on any atom is 0.119 e. The van der Waals surface area contributed by atoms with Crippen LogP contribution in [0.15, 0.2) is 36.4 Å². The average molecular weight is 411 g/mol. The monoisotopic (exact) mass is 410 g/mol. The van der Waals surface area contributed by atoms with Crippen molar-refractivity contribution in [2.24, 2.45) is 0 Å². The zero-order chi connectivity index (χ0) is 19.1. The first-order valence-electron chi connectivity index (χ1n) is 9.20. The first-order valence-corrected chi connectivity index (χ1v) is 10.4. The van der Waals surface area contributed by atoms with Gasteiger partial charge in [-0.15, -0.1) is 11.3 Å². The van der Waals surface area contributed by atoms with Crippen LogP contribution >= 0.6 is 22.9 Å². The van der Waals surface area contributed by atoms with E-state index < -0.39 is 6.10 Å². The fourth-order valence-electron chi connectivity index (χ4n) is 3.21. The average Bonchev–Trinajstić information content (AvgIpc) is 3.08. The molecule has 1 aromatic carbocycles. The van der Waals surface area contributed by atoms with Crippen molar-refractivity contribution in [3.8, 4) is 5.75 Å². The van der Waals surface area contributed by atoms with Gasteiger partial charge in [-0.1, -0.05) is 23.7 Å². The van der Waals surface area contributed by atoms with Crippen LogP contribution < -0.4 is 4.74 Å². The minimum absolute atomic E-state index is 0.338. The molecule has 0 bridgehead atoms. The Morgan fingerprint density at radius 3 is 2.63 bits per heavy atom. The Kier molecular flexibility index (Phi) is 7.93. The molecular formula is C20H27ClN2O3S. The summed E-state index contributed by atoms with van der Waals surface area (Å²) < 4.78 is 11.7. The molecule has 1 saturated heterocycles. The molecule has 27 heavy (non-hydrogen) atoms. The molecule has 0 aliphatic carbocycles. The van der Waals surface area contributed by atoms with Gasteiger partial charge in [-0.3, -0.25) is 9.80 Å². The van der Waals surface area contributed by atoms with Crippen molar-refractivity contribution >= 4 is 22.9 Å². The van der Waals surface area contributed by atoms with Crippen LogP contribution in [-0.2, 0) is 17.9 Å². The molecule has 5 nitrogen and oxygen atoms in total. The number of rotatable bonds is 9. The van der Waals surface area contributed by atoms with Gasteiger partial charge < -0.3 is 14.6 Å². The lowest BCUT2D eigenvalue weighted by Gasteiger charge is -2.35. The van der Waals surface area contributed by atoms with Crippen molar-refractivity contribution in [2.75, 3.05) is 46.4 Å². The Balaban J connectivity index is 1.32. The Hall–Kier alpha value is -1.15. The molecule has 1 unspecified atom stereocenters. The lowest BCUT2D eigenvalue weighted by molar-refractivity contribution is 0.000914. The Morgan fingerprint density at radius 2 is 1.93 bits per heavy atom. The van der Waals surface area contributed by atoms with Gasteiger partial charge in [0, 0.05) is 44.1 Å². The van der Waals surface area contributed by atoms with Gasteiger partial charge in [-0.25, -0.2) is 0 Å². The van der Waals surface area contributed by atoms with Crippen molar-refractivity contribution in [1.29, 1.82) is 0 Å². The smallest absolute Gasteiger partial charge is 0.119 e. The SMILES string of the molecule is COc1cccc(COCC(O)CN2CCN(Cc3ccc(Cl)s3)CC2)c1. The summed E-state index contributed by atoms with van der Waals surface area (Å²) in [7, 11) is 1.65. The summed E-state index contributed by atoms with van der Waals surface area (Å²) in [4.78, 5) is 6.04. The van der Waals surface area contributed by atoms with Crippen LogP contribution in [0.1, 0.15) is 10.4 Å². The van der Waals surface area contributed by atoms with Gasteiger partial charge in [0.1, 0.15) is 5.75 Å². The third-order valence-electron chi connectivity index (χ3n) is 4.66. The Morgan fingerprint density at radius 1 is 1.15 bits per heavy atom. The summed E-state index contributed by atoms with van der Waals surface area (Å²) in [6.45, 7) is 6.36. The second kappa shape index (κ2) is 10.4. The molecule has 0 saturated carbocycles. The standard InChI is InChI=1S/C20H27ClN2O3S/c1-25-18-4-2-3-16(11-18)14-26-15-17(24)12-22-7-9-23(10-8-22)13-19-5-6-20(21)27-19/h2-6,11,17,24H,7-10,12-15H2,1H3. The summed E-state index contributed by atoms with van der Waals surface area (Å²) >= 11 is 7.65. The first-order chi connectivity index (χ1) is 13.1. The summed E-state index contributed by atoms with van der Waals surface area (Å²) in [5.74, 6) is 0.819. The van der Waals surface area contributed by atoms with Crippen LogP contribution in [0.5, 0.6) is 5.75 Å². The van der Waals surface area contributed by atoms with E-state index in [-0.39, 0.29) is 0 Å². The molecule has 0 spiro atoms. The van der Waals surface area contributed by atoms with Crippen LogP contribution in [-0.4, -0.2) is 67.5 Å². The summed E-state index contributed by atoms with van der Waals surface area (Å²) in [6, 6.07) is 11.9. The number of hydrogen-bond donors (Lipinski definition) is 1. The van der Waals surface area contributed by atoms with E-state index in [2.05, 4.69) is 15.9 Å². The molecular weight excluding hydrogens is 384 g/mol. The van der Waals surface area contributed by atoms with Gasteiger partial charge in [-0.2, -0.15) is 0 Å². The molecule has 1 N–H and O–H groups in total. The number of halogens is 1. The van der Waals surface area contributed by atoms with Gasteiger partial charge in [0.2, 0.25) is 0 Å². The second-order valence-corrected chi connectivity index (χ2v) is 8.60. The minimum atomic E-state index is -0.474. The summed E-state index contributed by atoms with van der Waals surface area (Å²) in [5.41, 5.74) is 1.05. The zero-order valence-corrected chi connectivity index (χ0v) is 17.2. The highest BCUT2D eigenvalue weighted by Gasteiger charge is 2.19. The van der Waals surface area contributed by atoms with E-state index in [0.29, 0.717) is 19.8 Å². The third-order valence-corrected chi connectivity index (χ3v) is 5.87. The summed E-state index contributed by atoms with van der Waals surface area (Å²) in [6.07, 6.45) is -0.474. The van der Waals surface area contributed by atoms with E-state index in [1.54, 1.807) is 18.4 Å². The fourth-order valence-corrected chi connectivity index (χ4v) is 4.34. The van der Waals surface area contributed by atoms with E-state index in [1.807, 2.05) is 30.3 Å². The van der Waals surface area contributed by atoms with Crippen molar-refractivity contribution in [1.82, 2.24) is 9.80 Å². The van der Waals surface area contributed by atoms with Crippen molar-refractivity contribution in [3.63, 3.8) is 0 Å². The van der Waals surface area contributed by atoms with E-state index in [4.69, 9.17) is 21.1 Å². The predicted octanol–water partition coefficient (Wildman–Crippen LogP) is 3.11. The number of aliphatic hydroxyl groups excluding tert-OH is 1. The molecule has 1 aromatic heterocycles. The Bertz CT molecular complexity index is 704. The maximum absolute atomic E-state index is 10.3. The molecule has 1 fully saturated rings. The van der Waals surface area contributed by atoms with Crippen LogP contribution in [0.25, 0.3) is 0 Å². The second-order valence-electron chi connectivity index (χ2n) is 6.80. The lowest BCUT2D eigenvalue weighted by Crippen LogP contribution is -2.48. The number of β-amino-alcohol motifs (C(OH)–C–C–N with tert-alkyl or cyclic N) is 1. The van der Waals surface area contributed by atoms with Crippen LogP contribution in [0.4, 0.5) is 0 Å². The van der Waals surface area contributed by atoms with Gasteiger partial charge in [0.25, 0.3) is 0 Å². The van der Waals surface area contributed by atoms with E-state index in [0.717, 1.165) is 48.4 Å². The number of ether oxygens (including phenoxy) is 2. The highest BCUT2D eigenvalue weighted by atomic mass is 35.5. The van der Waals surface area contributed by atoms with Crippen molar-refractivity contribution in [2.45, 2.75) is 19.3 Å². The highest BCUT2D eigenvalue weighted by molar-refractivity contribution is 7.16. The van der Waals surface area contributed by atoms with Crippen LogP contribution in [0.3, 0.4) is 0 Å². The topological polar surface area (TPSA) is 45.2 Å².